The van der Waals surface area contributed by atoms with Gasteiger partial charge in [0.15, 0.2) is 5.11 Å². The molecule has 4 saturated carbocycles. The van der Waals surface area contributed by atoms with Crippen LogP contribution in [-0.4, -0.2) is 16.6 Å². The molecule has 0 spiro atoms. The summed E-state index contributed by atoms with van der Waals surface area (Å²) in [4.78, 5) is 12.3. The topological polar surface area (TPSA) is 41.1 Å². The van der Waals surface area contributed by atoms with Crippen LogP contribution in [0.3, 0.4) is 0 Å². The van der Waals surface area contributed by atoms with E-state index in [1.165, 1.54) is 44.1 Å². The first-order chi connectivity index (χ1) is 12.9. The van der Waals surface area contributed by atoms with Gasteiger partial charge in [0.05, 0.1) is 0 Å². The highest BCUT2D eigenvalue weighted by Crippen LogP contribution is 2.55. The Bertz CT molecular complexity index is 715. The van der Waals surface area contributed by atoms with Gasteiger partial charge in [-0.1, -0.05) is 38.1 Å². The molecular weight excluding hydrogens is 352 g/mol. The molecule has 0 aliphatic heterocycles. The van der Waals surface area contributed by atoms with Crippen molar-refractivity contribution in [2.45, 2.75) is 63.8 Å². The molecule has 3 nitrogen and oxygen atoms in total. The van der Waals surface area contributed by atoms with E-state index >= 15 is 0 Å². The van der Waals surface area contributed by atoms with E-state index in [9.17, 15) is 4.79 Å². The summed E-state index contributed by atoms with van der Waals surface area (Å²) in [5.74, 6) is 2.92. The summed E-state index contributed by atoms with van der Waals surface area (Å²) in [5.41, 5.74) is 2.46. The van der Waals surface area contributed by atoms with Crippen molar-refractivity contribution in [2.24, 2.45) is 17.8 Å². The van der Waals surface area contributed by atoms with Crippen LogP contribution in [0.15, 0.2) is 30.3 Å². The van der Waals surface area contributed by atoms with Gasteiger partial charge < -0.3 is 5.32 Å². The van der Waals surface area contributed by atoms with Gasteiger partial charge in [0.1, 0.15) is 0 Å². The summed E-state index contributed by atoms with van der Waals surface area (Å²) in [7, 11) is 0. The summed E-state index contributed by atoms with van der Waals surface area (Å²) in [5, 5.41) is 6.88. The van der Waals surface area contributed by atoms with Gasteiger partial charge in [0.25, 0.3) is 0 Å². The first-order valence-electron chi connectivity index (χ1n) is 10.3. The monoisotopic (exact) mass is 382 g/mol. The SMILES string of the molecule is CC(C)c1ccc(C=CC(=O)NC(=S)NC23CC4CC(CC(C4)C2)C3)cc1. The van der Waals surface area contributed by atoms with E-state index in [1.807, 2.05) is 18.2 Å². The van der Waals surface area contributed by atoms with Crippen LogP contribution < -0.4 is 10.6 Å². The summed E-state index contributed by atoms with van der Waals surface area (Å²) in [6.45, 7) is 4.35. The highest BCUT2D eigenvalue weighted by Gasteiger charge is 2.51. The molecule has 4 fully saturated rings. The van der Waals surface area contributed by atoms with Crippen LogP contribution in [-0.2, 0) is 4.79 Å². The highest BCUT2D eigenvalue weighted by atomic mass is 32.1. The van der Waals surface area contributed by atoms with Crippen molar-refractivity contribution in [3.05, 3.63) is 41.5 Å². The Hall–Kier alpha value is -1.68. The lowest BCUT2D eigenvalue weighted by atomic mass is 9.53. The summed E-state index contributed by atoms with van der Waals surface area (Å²) in [6, 6.07) is 8.32. The molecule has 0 atom stereocenters. The lowest BCUT2D eigenvalue weighted by molar-refractivity contribution is -0.115. The zero-order valence-electron chi connectivity index (χ0n) is 16.3. The predicted molar refractivity (Wildman–Crippen MR) is 114 cm³/mol. The van der Waals surface area contributed by atoms with E-state index in [2.05, 4.69) is 36.6 Å². The highest BCUT2D eigenvalue weighted by molar-refractivity contribution is 7.80. The Morgan fingerprint density at radius 1 is 1.07 bits per heavy atom. The van der Waals surface area contributed by atoms with Crippen LogP contribution in [0.25, 0.3) is 6.08 Å². The third-order valence-corrected chi connectivity index (χ3v) is 6.89. The second-order valence-corrected chi connectivity index (χ2v) is 9.70. The molecule has 1 aromatic rings. The molecule has 5 rings (SSSR count). The normalized spacial score (nSPS) is 31.4. The zero-order chi connectivity index (χ0) is 19.0. The first-order valence-corrected chi connectivity index (χ1v) is 10.7. The smallest absolute Gasteiger partial charge is 0.250 e. The van der Waals surface area contributed by atoms with Crippen LogP contribution in [0.1, 0.15) is 69.4 Å². The predicted octanol–water partition coefficient (Wildman–Crippen LogP) is 4.78. The molecule has 144 valence electrons. The molecular formula is C23H30N2OS. The van der Waals surface area contributed by atoms with Crippen LogP contribution >= 0.6 is 12.2 Å². The largest absolute Gasteiger partial charge is 0.357 e. The van der Waals surface area contributed by atoms with E-state index in [4.69, 9.17) is 12.2 Å². The fourth-order valence-electron chi connectivity index (χ4n) is 5.85. The summed E-state index contributed by atoms with van der Waals surface area (Å²) in [6.07, 6.45) is 11.3. The van der Waals surface area contributed by atoms with E-state index in [-0.39, 0.29) is 11.4 Å². The molecule has 0 unspecified atom stereocenters. The minimum absolute atomic E-state index is 0.134. The van der Waals surface area contributed by atoms with Gasteiger partial charge in [-0.05, 0) is 91.6 Å². The summed E-state index contributed by atoms with van der Waals surface area (Å²) < 4.78 is 0. The maximum Gasteiger partial charge on any atom is 0.250 e. The standard InChI is InChI=1S/C23H30N2OS/c1-15(2)20-6-3-16(4-7-20)5-8-21(26)24-22(27)25-23-12-17-9-18(13-23)11-19(10-17)14-23/h3-8,15,17-19H,9-14H2,1-2H3,(H2,24,25,26,27). The van der Waals surface area contributed by atoms with Crippen molar-refractivity contribution in [3.63, 3.8) is 0 Å². The number of carbonyl (C=O) groups excluding carboxylic acids is 1. The molecule has 1 aromatic carbocycles. The number of benzene rings is 1. The Morgan fingerprint density at radius 3 is 2.15 bits per heavy atom. The van der Waals surface area contributed by atoms with Crippen LogP contribution in [0, 0.1) is 17.8 Å². The van der Waals surface area contributed by atoms with Gasteiger partial charge in [0.2, 0.25) is 5.91 Å². The van der Waals surface area contributed by atoms with Crippen molar-refractivity contribution in [1.82, 2.24) is 10.6 Å². The molecule has 4 heteroatoms. The lowest BCUT2D eigenvalue weighted by Crippen LogP contribution is -2.61. The van der Waals surface area contributed by atoms with Crippen LogP contribution in [0.5, 0.6) is 0 Å². The fraction of sp³-hybridized carbons (Fsp3) is 0.565. The minimum Gasteiger partial charge on any atom is -0.357 e. The average molecular weight is 383 g/mol. The van der Waals surface area contributed by atoms with Gasteiger partial charge in [-0.3, -0.25) is 10.1 Å². The molecule has 1 amide bonds. The molecule has 4 aliphatic carbocycles. The number of carbonyl (C=O) groups is 1. The Balaban J connectivity index is 1.31. The van der Waals surface area contributed by atoms with Gasteiger partial charge >= 0.3 is 0 Å². The third-order valence-electron chi connectivity index (χ3n) is 6.68. The number of rotatable bonds is 4. The Morgan fingerprint density at radius 2 is 1.63 bits per heavy atom. The van der Waals surface area contributed by atoms with Gasteiger partial charge in [-0.2, -0.15) is 0 Å². The van der Waals surface area contributed by atoms with Crippen molar-refractivity contribution >= 4 is 29.3 Å². The van der Waals surface area contributed by atoms with E-state index < -0.39 is 0 Å². The van der Waals surface area contributed by atoms with Gasteiger partial charge in [-0.15, -0.1) is 0 Å². The van der Waals surface area contributed by atoms with Crippen LogP contribution in [0.4, 0.5) is 0 Å². The Labute approximate surface area is 168 Å². The lowest BCUT2D eigenvalue weighted by Gasteiger charge is -2.57. The van der Waals surface area contributed by atoms with Crippen molar-refractivity contribution in [2.75, 3.05) is 0 Å². The third kappa shape index (κ3) is 4.26. The maximum absolute atomic E-state index is 12.3. The van der Waals surface area contributed by atoms with E-state index in [1.54, 1.807) is 6.08 Å². The molecule has 0 saturated heterocycles. The second kappa shape index (κ2) is 7.38. The van der Waals surface area contributed by atoms with Gasteiger partial charge in [0, 0.05) is 11.6 Å². The maximum atomic E-state index is 12.3. The number of nitrogens with one attached hydrogen (secondary N) is 2. The van der Waals surface area contributed by atoms with E-state index in [0.717, 1.165) is 23.3 Å². The molecule has 4 aliphatic rings. The molecule has 0 aromatic heterocycles. The molecule has 27 heavy (non-hydrogen) atoms. The molecule has 0 radical (unpaired) electrons. The number of hydrogen-bond donors (Lipinski definition) is 2. The number of hydrogen-bond acceptors (Lipinski definition) is 2. The molecule has 2 N–H and O–H groups in total. The average Bonchev–Trinajstić information content (AvgIpc) is 2.58. The second-order valence-electron chi connectivity index (χ2n) is 9.30. The molecule has 0 heterocycles. The zero-order valence-corrected chi connectivity index (χ0v) is 17.1. The van der Waals surface area contributed by atoms with Gasteiger partial charge in [-0.25, -0.2) is 0 Å². The number of thiocarbonyl (C=S) groups is 1. The van der Waals surface area contributed by atoms with Crippen LogP contribution in [0.2, 0.25) is 0 Å². The summed E-state index contributed by atoms with van der Waals surface area (Å²) >= 11 is 5.47. The Kier molecular flexibility index (Phi) is 5.11. The number of amides is 1. The van der Waals surface area contributed by atoms with E-state index in [0.29, 0.717) is 11.0 Å². The first kappa shape index (κ1) is 18.7. The minimum atomic E-state index is -0.162. The van der Waals surface area contributed by atoms with Crippen molar-refractivity contribution in [1.29, 1.82) is 0 Å². The fourth-order valence-corrected chi connectivity index (χ4v) is 6.17. The van der Waals surface area contributed by atoms with Crippen molar-refractivity contribution < 1.29 is 4.79 Å². The van der Waals surface area contributed by atoms with Crippen molar-refractivity contribution in [3.8, 4) is 0 Å². The molecule has 4 bridgehead atoms. The quantitative estimate of drug-likeness (QED) is 0.581.